The van der Waals surface area contributed by atoms with Crippen LogP contribution in [-0.4, -0.2) is 42.1 Å². The van der Waals surface area contributed by atoms with Gasteiger partial charge in [-0.2, -0.15) is 0 Å². The SMILES string of the molecule is CNc1cncc(N2CCC3NC(=O)CCC3C2)n1. The minimum Gasteiger partial charge on any atom is -0.372 e. The summed E-state index contributed by atoms with van der Waals surface area (Å²) < 4.78 is 0. The van der Waals surface area contributed by atoms with Gasteiger partial charge in [-0.05, 0) is 18.8 Å². The van der Waals surface area contributed by atoms with E-state index in [1.807, 2.05) is 13.2 Å². The molecule has 6 nitrogen and oxygen atoms in total. The van der Waals surface area contributed by atoms with Gasteiger partial charge >= 0.3 is 0 Å². The van der Waals surface area contributed by atoms with Gasteiger partial charge in [0, 0.05) is 32.6 Å². The smallest absolute Gasteiger partial charge is 0.220 e. The van der Waals surface area contributed by atoms with E-state index in [0.29, 0.717) is 18.4 Å². The second kappa shape index (κ2) is 5.03. The van der Waals surface area contributed by atoms with Crippen LogP contribution in [0.1, 0.15) is 19.3 Å². The lowest BCUT2D eigenvalue weighted by molar-refractivity contribution is -0.124. The first-order chi connectivity index (χ1) is 9.26. The van der Waals surface area contributed by atoms with Crippen LogP contribution in [0.15, 0.2) is 12.4 Å². The van der Waals surface area contributed by atoms with Gasteiger partial charge in [0.05, 0.1) is 12.4 Å². The third-order valence-corrected chi connectivity index (χ3v) is 4.02. The highest BCUT2D eigenvalue weighted by Crippen LogP contribution is 2.27. The third-order valence-electron chi connectivity index (χ3n) is 4.02. The van der Waals surface area contributed by atoms with Gasteiger partial charge in [-0.25, -0.2) is 4.98 Å². The summed E-state index contributed by atoms with van der Waals surface area (Å²) in [6, 6.07) is 0.345. The fraction of sp³-hybridized carbons (Fsp3) is 0.615. The largest absolute Gasteiger partial charge is 0.372 e. The molecule has 1 aromatic rings. The van der Waals surface area contributed by atoms with Gasteiger partial charge in [0.1, 0.15) is 11.6 Å². The number of nitrogens with one attached hydrogen (secondary N) is 2. The van der Waals surface area contributed by atoms with Crippen molar-refractivity contribution in [2.45, 2.75) is 25.3 Å². The van der Waals surface area contributed by atoms with Crippen LogP contribution < -0.4 is 15.5 Å². The molecule has 2 unspecified atom stereocenters. The van der Waals surface area contributed by atoms with Crippen LogP contribution in [0.3, 0.4) is 0 Å². The standard InChI is InChI=1S/C13H19N5O/c1-14-11-6-15-7-12(17-11)18-5-4-10-9(8-18)2-3-13(19)16-10/h6-7,9-10H,2-5,8H2,1H3,(H,14,17)(H,16,19). The highest BCUT2D eigenvalue weighted by atomic mass is 16.1. The molecule has 6 heteroatoms. The van der Waals surface area contributed by atoms with E-state index in [-0.39, 0.29) is 5.91 Å². The number of carbonyl (C=O) groups is 1. The van der Waals surface area contributed by atoms with Crippen LogP contribution in [0.25, 0.3) is 0 Å². The van der Waals surface area contributed by atoms with Crippen molar-refractivity contribution in [1.29, 1.82) is 0 Å². The van der Waals surface area contributed by atoms with Gasteiger partial charge in [0.15, 0.2) is 0 Å². The maximum Gasteiger partial charge on any atom is 0.220 e. The molecule has 2 aliphatic rings. The number of carbonyl (C=O) groups excluding carboxylic acids is 1. The normalized spacial score (nSPS) is 26.6. The molecular formula is C13H19N5O. The van der Waals surface area contributed by atoms with Crippen molar-refractivity contribution in [2.75, 3.05) is 30.4 Å². The quantitative estimate of drug-likeness (QED) is 0.817. The number of nitrogens with zero attached hydrogens (tertiary/aromatic N) is 3. The first kappa shape index (κ1) is 12.2. The Morgan fingerprint density at radius 3 is 3.16 bits per heavy atom. The molecule has 2 atom stereocenters. The van der Waals surface area contributed by atoms with E-state index in [1.54, 1.807) is 6.20 Å². The number of fused-ring (bicyclic) bond motifs is 1. The molecule has 0 aromatic carbocycles. The Kier molecular flexibility index (Phi) is 3.23. The lowest BCUT2D eigenvalue weighted by atomic mass is 9.85. The number of rotatable bonds is 2. The van der Waals surface area contributed by atoms with Crippen molar-refractivity contribution in [1.82, 2.24) is 15.3 Å². The molecule has 1 amide bonds. The molecule has 0 spiro atoms. The van der Waals surface area contributed by atoms with Crippen LogP contribution >= 0.6 is 0 Å². The van der Waals surface area contributed by atoms with Crippen molar-refractivity contribution in [3.8, 4) is 0 Å². The number of piperidine rings is 2. The second-order valence-electron chi connectivity index (χ2n) is 5.22. The summed E-state index contributed by atoms with van der Waals surface area (Å²) in [5, 5.41) is 6.11. The monoisotopic (exact) mass is 261 g/mol. The lowest BCUT2D eigenvalue weighted by Gasteiger charge is -2.41. The summed E-state index contributed by atoms with van der Waals surface area (Å²) in [7, 11) is 1.84. The molecule has 3 heterocycles. The summed E-state index contributed by atoms with van der Waals surface area (Å²) >= 11 is 0. The summed E-state index contributed by atoms with van der Waals surface area (Å²) in [6.07, 6.45) is 6.14. The Hall–Kier alpha value is -1.85. The van der Waals surface area contributed by atoms with E-state index in [9.17, 15) is 4.79 Å². The zero-order valence-electron chi connectivity index (χ0n) is 11.1. The zero-order valence-corrected chi connectivity index (χ0v) is 11.1. The van der Waals surface area contributed by atoms with E-state index < -0.39 is 0 Å². The third kappa shape index (κ3) is 2.47. The van der Waals surface area contributed by atoms with Gasteiger partial charge in [-0.15, -0.1) is 0 Å². The maximum absolute atomic E-state index is 11.4. The topological polar surface area (TPSA) is 70.2 Å². The second-order valence-corrected chi connectivity index (χ2v) is 5.22. The molecule has 3 rings (SSSR count). The number of amides is 1. The van der Waals surface area contributed by atoms with E-state index in [0.717, 1.165) is 37.6 Å². The van der Waals surface area contributed by atoms with Gasteiger partial charge in [0.2, 0.25) is 5.91 Å². The number of hydrogen-bond donors (Lipinski definition) is 2. The molecule has 2 fully saturated rings. The molecule has 2 saturated heterocycles. The Labute approximate surface area is 112 Å². The van der Waals surface area contributed by atoms with Gasteiger partial charge in [-0.1, -0.05) is 0 Å². The van der Waals surface area contributed by atoms with Gasteiger partial charge < -0.3 is 15.5 Å². The predicted molar refractivity (Wildman–Crippen MR) is 73.1 cm³/mol. The first-order valence-corrected chi connectivity index (χ1v) is 6.80. The molecular weight excluding hydrogens is 242 g/mol. The van der Waals surface area contributed by atoms with Crippen molar-refractivity contribution in [3.05, 3.63) is 12.4 Å². The van der Waals surface area contributed by atoms with Crippen LogP contribution in [-0.2, 0) is 4.79 Å². The highest BCUT2D eigenvalue weighted by Gasteiger charge is 2.34. The fourth-order valence-corrected chi connectivity index (χ4v) is 2.95. The van der Waals surface area contributed by atoms with Crippen LogP contribution in [0.2, 0.25) is 0 Å². The van der Waals surface area contributed by atoms with Crippen molar-refractivity contribution in [3.63, 3.8) is 0 Å². The van der Waals surface area contributed by atoms with E-state index in [4.69, 9.17) is 0 Å². The summed E-state index contributed by atoms with van der Waals surface area (Å²) in [5.41, 5.74) is 0. The van der Waals surface area contributed by atoms with E-state index in [2.05, 4.69) is 25.5 Å². The lowest BCUT2D eigenvalue weighted by Crippen LogP contribution is -2.54. The zero-order chi connectivity index (χ0) is 13.2. The number of anilines is 2. The van der Waals surface area contributed by atoms with E-state index in [1.165, 1.54) is 0 Å². The molecule has 0 saturated carbocycles. The first-order valence-electron chi connectivity index (χ1n) is 6.80. The molecule has 0 bridgehead atoms. The Bertz CT molecular complexity index is 478. The van der Waals surface area contributed by atoms with Gasteiger partial charge in [-0.3, -0.25) is 9.78 Å². The fourth-order valence-electron chi connectivity index (χ4n) is 2.95. The maximum atomic E-state index is 11.4. The molecule has 102 valence electrons. The van der Waals surface area contributed by atoms with Crippen molar-refractivity contribution in [2.24, 2.45) is 5.92 Å². The summed E-state index contributed by atoms with van der Waals surface area (Å²) in [5.74, 6) is 2.44. The molecule has 19 heavy (non-hydrogen) atoms. The molecule has 0 aliphatic carbocycles. The predicted octanol–water partition coefficient (Wildman–Crippen LogP) is 0.623. The molecule has 1 aromatic heterocycles. The Balaban J connectivity index is 1.72. The summed E-state index contributed by atoms with van der Waals surface area (Å²) in [6.45, 7) is 1.87. The minimum absolute atomic E-state index is 0.201. The van der Waals surface area contributed by atoms with Crippen LogP contribution in [0.4, 0.5) is 11.6 Å². The average Bonchev–Trinajstić information content (AvgIpc) is 2.46. The molecule has 2 N–H and O–H groups in total. The van der Waals surface area contributed by atoms with Crippen molar-refractivity contribution >= 4 is 17.5 Å². The number of aromatic nitrogens is 2. The van der Waals surface area contributed by atoms with E-state index >= 15 is 0 Å². The average molecular weight is 261 g/mol. The van der Waals surface area contributed by atoms with Crippen LogP contribution in [0.5, 0.6) is 0 Å². The number of hydrogen-bond acceptors (Lipinski definition) is 5. The molecule has 0 radical (unpaired) electrons. The van der Waals surface area contributed by atoms with Crippen LogP contribution in [0, 0.1) is 5.92 Å². The Morgan fingerprint density at radius 1 is 1.42 bits per heavy atom. The molecule has 2 aliphatic heterocycles. The minimum atomic E-state index is 0.201. The Morgan fingerprint density at radius 2 is 2.32 bits per heavy atom. The van der Waals surface area contributed by atoms with Crippen molar-refractivity contribution < 1.29 is 4.79 Å². The van der Waals surface area contributed by atoms with Gasteiger partial charge in [0.25, 0.3) is 0 Å². The summed E-state index contributed by atoms with van der Waals surface area (Å²) in [4.78, 5) is 22.4. The highest BCUT2D eigenvalue weighted by molar-refractivity contribution is 5.77.